The SMILES string of the molecule is CN=C(NCc1ccc(OC)c(OC2CCCC2)c1)N(C)Cc1csc(C)n1. The van der Waals surface area contributed by atoms with Crippen molar-refractivity contribution in [2.45, 2.75) is 51.8 Å². The number of guanidine groups is 1. The van der Waals surface area contributed by atoms with Crippen LogP contribution in [-0.2, 0) is 13.1 Å². The highest BCUT2D eigenvalue weighted by Gasteiger charge is 2.18. The normalized spacial score (nSPS) is 14.9. The van der Waals surface area contributed by atoms with Gasteiger partial charge in [-0.1, -0.05) is 6.07 Å². The second-order valence-electron chi connectivity index (χ2n) is 7.12. The van der Waals surface area contributed by atoms with E-state index in [1.54, 1.807) is 25.5 Å². The number of benzene rings is 1. The summed E-state index contributed by atoms with van der Waals surface area (Å²) in [6.07, 6.45) is 5.04. The number of aryl methyl sites for hydroxylation is 1. The maximum atomic E-state index is 6.20. The molecule has 0 radical (unpaired) electrons. The first kappa shape index (κ1) is 20.5. The van der Waals surface area contributed by atoms with Crippen LogP contribution in [0.4, 0.5) is 0 Å². The van der Waals surface area contributed by atoms with E-state index in [-0.39, 0.29) is 0 Å². The second-order valence-corrected chi connectivity index (χ2v) is 8.19. The third-order valence-electron chi connectivity index (χ3n) is 4.91. The van der Waals surface area contributed by atoms with Crippen LogP contribution in [0.2, 0.25) is 0 Å². The van der Waals surface area contributed by atoms with Crippen LogP contribution in [0.5, 0.6) is 11.5 Å². The molecule has 0 amide bonds. The van der Waals surface area contributed by atoms with Crippen LogP contribution in [0.25, 0.3) is 0 Å². The topological polar surface area (TPSA) is 59.0 Å². The van der Waals surface area contributed by atoms with Crippen LogP contribution >= 0.6 is 11.3 Å². The molecular weight excluding hydrogens is 372 g/mol. The molecule has 0 spiro atoms. The van der Waals surface area contributed by atoms with E-state index in [2.05, 4.69) is 37.7 Å². The van der Waals surface area contributed by atoms with Gasteiger partial charge in [0.2, 0.25) is 0 Å². The lowest BCUT2D eigenvalue weighted by molar-refractivity contribution is 0.200. The van der Waals surface area contributed by atoms with E-state index in [1.807, 2.05) is 20.0 Å². The molecule has 0 saturated heterocycles. The van der Waals surface area contributed by atoms with Gasteiger partial charge in [-0.15, -0.1) is 11.3 Å². The average molecular weight is 403 g/mol. The van der Waals surface area contributed by atoms with Crippen molar-refractivity contribution in [2.75, 3.05) is 21.2 Å². The minimum absolute atomic E-state index is 0.303. The summed E-state index contributed by atoms with van der Waals surface area (Å²) in [5.41, 5.74) is 2.19. The van der Waals surface area contributed by atoms with Crippen molar-refractivity contribution >= 4 is 17.3 Å². The Morgan fingerprint density at radius 1 is 1.32 bits per heavy atom. The largest absolute Gasteiger partial charge is 0.493 e. The number of thiazole rings is 1. The van der Waals surface area contributed by atoms with Gasteiger partial charge in [0.1, 0.15) is 0 Å². The molecule has 1 saturated carbocycles. The van der Waals surface area contributed by atoms with E-state index in [9.17, 15) is 0 Å². The number of rotatable bonds is 7. The molecule has 1 N–H and O–H groups in total. The number of ether oxygens (including phenoxy) is 2. The van der Waals surface area contributed by atoms with Gasteiger partial charge in [0.25, 0.3) is 0 Å². The third kappa shape index (κ3) is 5.38. The predicted molar refractivity (Wildman–Crippen MR) is 114 cm³/mol. The summed E-state index contributed by atoms with van der Waals surface area (Å²) in [6.45, 7) is 3.41. The number of aliphatic imine (C=N–C) groups is 1. The smallest absolute Gasteiger partial charge is 0.194 e. The van der Waals surface area contributed by atoms with Crippen LogP contribution in [0.3, 0.4) is 0 Å². The lowest BCUT2D eigenvalue weighted by atomic mass is 10.2. The zero-order valence-corrected chi connectivity index (χ0v) is 18.0. The van der Waals surface area contributed by atoms with Crippen molar-refractivity contribution in [3.05, 3.63) is 39.8 Å². The molecule has 1 aromatic heterocycles. The summed E-state index contributed by atoms with van der Waals surface area (Å²) in [7, 11) is 5.51. The van der Waals surface area contributed by atoms with Crippen LogP contribution in [0.1, 0.15) is 41.9 Å². The number of aromatic nitrogens is 1. The van der Waals surface area contributed by atoms with Gasteiger partial charge in [-0.3, -0.25) is 4.99 Å². The van der Waals surface area contributed by atoms with Gasteiger partial charge in [-0.05, 0) is 50.3 Å². The average Bonchev–Trinajstić information content (AvgIpc) is 3.34. The Balaban J connectivity index is 1.61. The van der Waals surface area contributed by atoms with E-state index < -0.39 is 0 Å². The van der Waals surface area contributed by atoms with Crippen LogP contribution < -0.4 is 14.8 Å². The summed E-state index contributed by atoms with van der Waals surface area (Å²) >= 11 is 1.67. The Bertz CT molecular complexity index is 799. The molecule has 3 rings (SSSR count). The Hall–Kier alpha value is -2.28. The van der Waals surface area contributed by atoms with Gasteiger partial charge in [0, 0.05) is 26.0 Å². The number of methoxy groups -OCH3 is 1. The standard InChI is InChI=1S/C21H30N4O2S/c1-15-24-17(14-28-15)13-25(3)21(22-2)23-12-16-9-10-19(26-4)20(11-16)27-18-7-5-6-8-18/h9-11,14,18H,5-8,12-13H2,1-4H3,(H,22,23). The molecule has 1 fully saturated rings. The van der Waals surface area contributed by atoms with Crippen LogP contribution in [0.15, 0.2) is 28.6 Å². The quantitative estimate of drug-likeness (QED) is 0.561. The minimum Gasteiger partial charge on any atom is -0.493 e. The molecule has 0 atom stereocenters. The van der Waals surface area contributed by atoms with E-state index in [1.165, 1.54) is 12.8 Å². The molecule has 2 aromatic rings. The first-order valence-electron chi connectivity index (χ1n) is 9.75. The number of nitrogens with zero attached hydrogens (tertiary/aromatic N) is 3. The Labute approximate surface area is 171 Å². The van der Waals surface area contributed by atoms with Crippen molar-refractivity contribution in [3.63, 3.8) is 0 Å². The molecule has 7 heteroatoms. The van der Waals surface area contributed by atoms with Crippen molar-refractivity contribution in [1.82, 2.24) is 15.2 Å². The molecule has 28 heavy (non-hydrogen) atoms. The molecular formula is C21H30N4O2S. The van der Waals surface area contributed by atoms with Crippen molar-refractivity contribution < 1.29 is 9.47 Å². The van der Waals surface area contributed by atoms with Crippen molar-refractivity contribution in [3.8, 4) is 11.5 Å². The second kappa shape index (κ2) is 9.78. The minimum atomic E-state index is 0.303. The Morgan fingerprint density at radius 3 is 2.75 bits per heavy atom. The summed E-state index contributed by atoms with van der Waals surface area (Å²) in [4.78, 5) is 11.0. The summed E-state index contributed by atoms with van der Waals surface area (Å²) in [5.74, 6) is 2.45. The fraction of sp³-hybridized carbons (Fsp3) is 0.524. The van der Waals surface area contributed by atoms with Gasteiger partial charge in [0.05, 0.1) is 30.5 Å². The first-order valence-corrected chi connectivity index (χ1v) is 10.6. The van der Waals surface area contributed by atoms with E-state index >= 15 is 0 Å². The highest BCUT2D eigenvalue weighted by molar-refractivity contribution is 7.09. The van der Waals surface area contributed by atoms with Gasteiger partial charge in [-0.2, -0.15) is 0 Å². The zero-order chi connectivity index (χ0) is 19.9. The lowest BCUT2D eigenvalue weighted by Crippen LogP contribution is -2.38. The zero-order valence-electron chi connectivity index (χ0n) is 17.2. The maximum absolute atomic E-state index is 6.20. The molecule has 1 heterocycles. The first-order chi connectivity index (χ1) is 13.6. The van der Waals surface area contributed by atoms with E-state index in [0.29, 0.717) is 12.6 Å². The summed E-state index contributed by atoms with van der Waals surface area (Å²) in [5, 5.41) is 6.60. The fourth-order valence-corrected chi connectivity index (χ4v) is 4.08. The van der Waals surface area contributed by atoms with Gasteiger partial charge >= 0.3 is 0 Å². The Morgan fingerprint density at radius 2 is 2.11 bits per heavy atom. The van der Waals surface area contributed by atoms with Gasteiger partial charge in [0.15, 0.2) is 17.5 Å². The van der Waals surface area contributed by atoms with Crippen molar-refractivity contribution in [1.29, 1.82) is 0 Å². The van der Waals surface area contributed by atoms with Crippen LogP contribution in [-0.4, -0.2) is 43.2 Å². The highest BCUT2D eigenvalue weighted by atomic mass is 32.1. The molecule has 0 aliphatic heterocycles. The van der Waals surface area contributed by atoms with Crippen LogP contribution in [0, 0.1) is 6.92 Å². The van der Waals surface area contributed by atoms with E-state index in [4.69, 9.17) is 9.47 Å². The number of nitrogens with one attached hydrogen (secondary N) is 1. The molecule has 1 aliphatic carbocycles. The molecule has 0 bridgehead atoms. The maximum Gasteiger partial charge on any atom is 0.194 e. The number of hydrogen-bond acceptors (Lipinski definition) is 5. The van der Waals surface area contributed by atoms with Gasteiger partial charge < -0.3 is 19.7 Å². The Kier molecular flexibility index (Phi) is 7.14. The molecule has 0 unspecified atom stereocenters. The third-order valence-corrected chi connectivity index (χ3v) is 5.74. The van der Waals surface area contributed by atoms with E-state index in [0.717, 1.165) is 53.1 Å². The molecule has 1 aliphatic rings. The molecule has 1 aromatic carbocycles. The lowest BCUT2D eigenvalue weighted by Gasteiger charge is -2.22. The monoisotopic (exact) mass is 402 g/mol. The molecule has 152 valence electrons. The highest BCUT2D eigenvalue weighted by Crippen LogP contribution is 2.32. The fourth-order valence-electron chi connectivity index (χ4n) is 3.47. The van der Waals surface area contributed by atoms with Gasteiger partial charge in [-0.25, -0.2) is 4.98 Å². The summed E-state index contributed by atoms with van der Waals surface area (Å²) in [6, 6.07) is 6.11. The predicted octanol–water partition coefficient (Wildman–Crippen LogP) is 3.99. The summed E-state index contributed by atoms with van der Waals surface area (Å²) < 4.78 is 11.7. The van der Waals surface area contributed by atoms with Crippen molar-refractivity contribution in [2.24, 2.45) is 4.99 Å². The number of hydrogen-bond donors (Lipinski definition) is 1. The molecule has 6 nitrogen and oxygen atoms in total.